The van der Waals surface area contributed by atoms with Gasteiger partial charge in [-0.05, 0) is 130 Å². The van der Waals surface area contributed by atoms with Gasteiger partial charge >= 0.3 is 29.8 Å². The highest BCUT2D eigenvalue weighted by molar-refractivity contribution is 5.76. The van der Waals surface area contributed by atoms with Crippen molar-refractivity contribution in [1.82, 2.24) is 14.7 Å². The van der Waals surface area contributed by atoms with Crippen LogP contribution in [0.4, 0.5) is 0 Å². The third kappa shape index (κ3) is 19.3. The average Bonchev–Trinajstić information content (AvgIpc) is 2.94. The highest BCUT2D eigenvalue weighted by Crippen LogP contribution is 2.35. The fourth-order valence-corrected chi connectivity index (χ4v) is 7.55. The van der Waals surface area contributed by atoms with Gasteiger partial charge in [0.25, 0.3) is 0 Å². The lowest BCUT2D eigenvalue weighted by molar-refractivity contribution is -0.166. The van der Waals surface area contributed by atoms with Crippen LogP contribution in [0.2, 0.25) is 0 Å². The molecule has 2 aliphatic rings. The van der Waals surface area contributed by atoms with Crippen molar-refractivity contribution in [3.05, 3.63) is 0 Å². The maximum absolute atomic E-state index is 13.9. The summed E-state index contributed by atoms with van der Waals surface area (Å²) in [5, 5.41) is 0. The minimum Gasteiger partial charge on any atom is -0.459 e. The van der Waals surface area contributed by atoms with E-state index >= 15 is 0 Å². The van der Waals surface area contributed by atoms with Gasteiger partial charge in [-0.3, -0.25) is 38.7 Å². The second kappa shape index (κ2) is 19.6. The molecule has 0 amide bonds. The van der Waals surface area contributed by atoms with Crippen LogP contribution in [-0.2, 0) is 47.7 Å². The summed E-state index contributed by atoms with van der Waals surface area (Å²) < 4.78 is 28.9. The Morgan fingerprint density at radius 2 is 0.564 bits per heavy atom. The number of hydrogen-bond acceptors (Lipinski definition) is 13. The maximum Gasteiger partial charge on any atom is 0.320 e. The topological polar surface area (TPSA) is 141 Å². The molecule has 55 heavy (non-hydrogen) atoms. The molecule has 0 aromatic carbocycles. The Labute approximate surface area is 331 Å². The average molecular weight is 782 g/mol. The summed E-state index contributed by atoms with van der Waals surface area (Å²) >= 11 is 0. The van der Waals surface area contributed by atoms with Gasteiger partial charge in [0.2, 0.25) is 0 Å². The van der Waals surface area contributed by atoms with E-state index in [-0.39, 0.29) is 56.9 Å². The highest BCUT2D eigenvalue weighted by Gasteiger charge is 2.45. The minimum absolute atomic E-state index is 0.0565. The van der Waals surface area contributed by atoms with Crippen LogP contribution < -0.4 is 0 Å². The Balaban J connectivity index is 2.71. The predicted molar refractivity (Wildman–Crippen MR) is 211 cm³/mol. The number of carbonyl (C=O) groups is 5. The zero-order chi connectivity index (χ0) is 42.2. The molecule has 2 aliphatic carbocycles. The smallest absolute Gasteiger partial charge is 0.320 e. The molecule has 0 bridgehead atoms. The van der Waals surface area contributed by atoms with E-state index in [0.29, 0.717) is 25.7 Å². The van der Waals surface area contributed by atoms with E-state index in [2.05, 4.69) is 4.90 Å². The second-order valence-electron chi connectivity index (χ2n) is 20.3. The van der Waals surface area contributed by atoms with Gasteiger partial charge in [0, 0.05) is 24.2 Å². The van der Waals surface area contributed by atoms with Crippen molar-refractivity contribution in [3.63, 3.8) is 0 Å². The first kappa shape index (κ1) is 48.4. The van der Waals surface area contributed by atoms with E-state index in [4.69, 9.17) is 23.7 Å². The Hall–Kier alpha value is -2.77. The molecule has 0 aromatic rings. The first-order valence-corrected chi connectivity index (χ1v) is 20.2. The monoisotopic (exact) mass is 782 g/mol. The predicted octanol–water partition coefficient (Wildman–Crippen LogP) is 6.22. The number of esters is 5. The lowest BCUT2D eigenvalue weighted by Gasteiger charge is -2.51. The summed E-state index contributed by atoms with van der Waals surface area (Å²) in [6.07, 6.45) is 6.17. The van der Waals surface area contributed by atoms with Gasteiger partial charge in [-0.1, -0.05) is 25.7 Å². The first-order chi connectivity index (χ1) is 24.9. The Morgan fingerprint density at radius 1 is 0.364 bits per heavy atom. The molecule has 318 valence electrons. The Morgan fingerprint density at radius 3 is 0.782 bits per heavy atom. The van der Waals surface area contributed by atoms with Crippen molar-refractivity contribution in [1.29, 1.82) is 0 Å². The summed E-state index contributed by atoms with van der Waals surface area (Å²) in [7, 11) is 0. The van der Waals surface area contributed by atoms with Crippen molar-refractivity contribution in [2.45, 2.75) is 207 Å². The van der Waals surface area contributed by atoms with Crippen LogP contribution in [0.5, 0.6) is 0 Å². The molecule has 4 atom stereocenters. The van der Waals surface area contributed by atoms with Gasteiger partial charge in [0.15, 0.2) is 0 Å². The molecule has 2 fully saturated rings. The van der Waals surface area contributed by atoms with Gasteiger partial charge < -0.3 is 23.7 Å². The number of rotatable bonds is 14. The van der Waals surface area contributed by atoms with Gasteiger partial charge in [0.1, 0.15) is 28.0 Å². The minimum atomic E-state index is -0.736. The molecular weight excluding hydrogens is 706 g/mol. The Kier molecular flexibility index (Phi) is 17.2. The van der Waals surface area contributed by atoms with E-state index in [1.165, 1.54) is 0 Å². The first-order valence-electron chi connectivity index (χ1n) is 20.2. The fraction of sp³-hybridized carbons (Fsp3) is 0.881. The summed E-state index contributed by atoms with van der Waals surface area (Å²) in [5.41, 5.74) is -3.66. The van der Waals surface area contributed by atoms with Crippen LogP contribution in [0.1, 0.15) is 155 Å². The number of ether oxygens (including phenoxy) is 5. The number of carbonyl (C=O) groups excluding carboxylic acids is 5. The Bertz CT molecular complexity index is 1150. The summed E-state index contributed by atoms with van der Waals surface area (Å²) in [6.45, 7) is 26.5. The van der Waals surface area contributed by atoms with Crippen LogP contribution in [0.3, 0.4) is 0 Å². The highest BCUT2D eigenvalue weighted by atomic mass is 16.6. The molecule has 0 saturated heterocycles. The lowest BCUT2D eigenvalue weighted by atomic mass is 9.82. The van der Waals surface area contributed by atoms with Crippen molar-refractivity contribution < 1.29 is 47.7 Å². The molecule has 13 nitrogen and oxygen atoms in total. The molecule has 0 N–H and O–H groups in total. The van der Waals surface area contributed by atoms with Crippen LogP contribution in [0.25, 0.3) is 0 Å². The van der Waals surface area contributed by atoms with Crippen LogP contribution in [0.15, 0.2) is 0 Å². The summed E-state index contributed by atoms with van der Waals surface area (Å²) in [6, 6.07) is -1.24. The largest absolute Gasteiger partial charge is 0.459 e. The third-order valence-corrected chi connectivity index (χ3v) is 8.92. The molecule has 0 aliphatic heterocycles. The molecule has 0 radical (unpaired) electrons. The van der Waals surface area contributed by atoms with Gasteiger partial charge in [-0.2, -0.15) is 0 Å². The quantitative estimate of drug-likeness (QED) is 0.146. The van der Waals surface area contributed by atoms with Crippen LogP contribution in [0, 0.1) is 0 Å². The normalized spacial score (nSPS) is 21.6. The van der Waals surface area contributed by atoms with Gasteiger partial charge in [-0.15, -0.1) is 0 Å². The molecule has 0 aromatic heterocycles. The van der Waals surface area contributed by atoms with E-state index < -0.39 is 57.9 Å². The lowest BCUT2D eigenvalue weighted by Crippen LogP contribution is -2.64. The van der Waals surface area contributed by atoms with E-state index in [0.717, 1.165) is 25.7 Å². The third-order valence-electron chi connectivity index (χ3n) is 8.92. The van der Waals surface area contributed by atoms with Crippen molar-refractivity contribution >= 4 is 29.8 Å². The fourth-order valence-electron chi connectivity index (χ4n) is 7.55. The zero-order valence-corrected chi connectivity index (χ0v) is 36.9. The number of nitrogens with zero attached hydrogens (tertiary/aromatic N) is 3. The van der Waals surface area contributed by atoms with Crippen molar-refractivity contribution in [2.24, 2.45) is 0 Å². The van der Waals surface area contributed by atoms with Gasteiger partial charge in [0.05, 0.1) is 32.7 Å². The number of hydrogen-bond donors (Lipinski definition) is 0. The van der Waals surface area contributed by atoms with Crippen molar-refractivity contribution in [3.8, 4) is 0 Å². The van der Waals surface area contributed by atoms with E-state index in [1.54, 1.807) is 83.1 Å². The molecular formula is C42H75N3O10. The summed E-state index contributed by atoms with van der Waals surface area (Å²) in [4.78, 5) is 73.5. The molecule has 2 saturated carbocycles. The molecule has 0 heterocycles. The van der Waals surface area contributed by atoms with Gasteiger partial charge in [-0.25, -0.2) is 0 Å². The SMILES string of the molecule is CC(C)(C)OC(=O)CN(CC(=O)OC(C)(C)C)[C@@H]1CCCC[C@H]1N(CC(=O)OC(C)(C)C)[C@@H]1CCCC[C@H]1N(CC(=O)OC(C)(C)C)CC(=O)OC(C)(C)C. The zero-order valence-electron chi connectivity index (χ0n) is 36.9. The van der Waals surface area contributed by atoms with Crippen molar-refractivity contribution in [2.75, 3.05) is 32.7 Å². The molecule has 0 spiro atoms. The van der Waals surface area contributed by atoms with Crippen LogP contribution >= 0.6 is 0 Å². The summed E-state index contributed by atoms with van der Waals surface area (Å²) in [5.74, 6) is -2.25. The van der Waals surface area contributed by atoms with Crippen LogP contribution in [-0.4, -0.2) is 129 Å². The molecule has 13 heteroatoms. The van der Waals surface area contributed by atoms with E-state index in [9.17, 15) is 24.0 Å². The second-order valence-corrected chi connectivity index (χ2v) is 20.3. The molecule has 2 rings (SSSR count). The van der Waals surface area contributed by atoms with E-state index in [1.807, 2.05) is 30.6 Å². The standard InChI is InChI=1S/C42H75N3O10/c1-38(2,3)51-33(46)24-43(25-34(47)52-39(4,5)6)29-20-16-18-22-31(29)45(28-37(50)55-42(13,14)15)32-23-19-17-21-30(32)44(26-35(48)53-40(7,8)9)27-36(49)54-41(10,11)12/h29-32H,16-28H2,1-15H3/t29-,30-,31-,32-/m1/s1. The maximum atomic E-state index is 13.9. The molecule has 0 unspecified atom stereocenters.